The second kappa shape index (κ2) is 6.74. The van der Waals surface area contributed by atoms with E-state index in [1.165, 1.54) is 4.31 Å². The molecule has 0 unspecified atom stereocenters. The fraction of sp³-hybridized carbons (Fsp3) is 0.250. The summed E-state index contributed by atoms with van der Waals surface area (Å²) in [5.41, 5.74) is 1.86. The predicted molar refractivity (Wildman–Crippen MR) is 83.5 cm³/mol. The zero-order valence-corrected chi connectivity index (χ0v) is 12.8. The van der Waals surface area contributed by atoms with Crippen LogP contribution in [0.3, 0.4) is 0 Å². The first kappa shape index (κ1) is 15.5. The van der Waals surface area contributed by atoms with E-state index in [4.69, 9.17) is 0 Å². The molecule has 0 atom stereocenters. The van der Waals surface area contributed by atoms with Crippen molar-refractivity contribution in [3.8, 4) is 5.75 Å². The summed E-state index contributed by atoms with van der Waals surface area (Å²) in [5.74, 6) is 0.263. The summed E-state index contributed by atoms with van der Waals surface area (Å²) in [6.07, 6.45) is 0.503. The highest BCUT2D eigenvalue weighted by molar-refractivity contribution is 7.89. The van der Waals surface area contributed by atoms with E-state index in [-0.39, 0.29) is 11.5 Å². The summed E-state index contributed by atoms with van der Waals surface area (Å²) in [6, 6.07) is 16.1. The van der Waals surface area contributed by atoms with E-state index in [1.807, 2.05) is 30.3 Å². The Balaban J connectivity index is 1.96. The topological polar surface area (TPSA) is 57.6 Å². The normalized spacial score (nSPS) is 11.7. The molecule has 112 valence electrons. The highest BCUT2D eigenvalue weighted by Crippen LogP contribution is 2.13. The Morgan fingerprint density at radius 2 is 1.57 bits per heavy atom. The molecular formula is C16H19NO3S. The molecule has 0 saturated carbocycles. The molecule has 0 spiro atoms. The van der Waals surface area contributed by atoms with E-state index in [9.17, 15) is 13.5 Å². The van der Waals surface area contributed by atoms with Crippen molar-refractivity contribution in [3.05, 3.63) is 65.7 Å². The number of phenols is 1. The molecule has 2 rings (SSSR count). The maximum absolute atomic E-state index is 12.3. The van der Waals surface area contributed by atoms with Gasteiger partial charge in [-0.05, 0) is 29.7 Å². The lowest BCUT2D eigenvalue weighted by molar-refractivity contribution is 0.463. The minimum Gasteiger partial charge on any atom is -0.508 e. The van der Waals surface area contributed by atoms with Crippen molar-refractivity contribution in [1.82, 2.24) is 4.31 Å². The maximum Gasteiger partial charge on any atom is 0.214 e. The number of hydrogen-bond donors (Lipinski definition) is 1. The van der Waals surface area contributed by atoms with Crippen LogP contribution in [0.2, 0.25) is 0 Å². The van der Waals surface area contributed by atoms with Gasteiger partial charge in [0.25, 0.3) is 0 Å². The van der Waals surface area contributed by atoms with E-state index in [2.05, 4.69) is 0 Å². The largest absolute Gasteiger partial charge is 0.508 e. The van der Waals surface area contributed by atoms with Gasteiger partial charge in [-0.15, -0.1) is 0 Å². The fourth-order valence-corrected chi connectivity index (χ4v) is 3.16. The van der Waals surface area contributed by atoms with Gasteiger partial charge in [-0.1, -0.05) is 42.5 Å². The summed E-state index contributed by atoms with van der Waals surface area (Å²) >= 11 is 0. The van der Waals surface area contributed by atoms with Gasteiger partial charge in [0.15, 0.2) is 0 Å². The van der Waals surface area contributed by atoms with Crippen LogP contribution in [0.5, 0.6) is 5.75 Å². The number of rotatable bonds is 6. The molecule has 1 N–H and O–H groups in total. The summed E-state index contributed by atoms with van der Waals surface area (Å²) in [7, 11) is -1.72. The van der Waals surface area contributed by atoms with Crippen molar-refractivity contribution < 1.29 is 13.5 Å². The van der Waals surface area contributed by atoms with Crippen LogP contribution < -0.4 is 0 Å². The number of sulfonamides is 1. The van der Waals surface area contributed by atoms with Gasteiger partial charge in [-0.25, -0.2) is 12.7 Å². The first-order valence-electron chi connectivity index (χ1n) is 6.73. The van der Waals surface area contributed by atoms with E-state index in [0.717, 1.165) is 11.1 Å². The third kappa shape index (κ3) is 4.58. The van der Waals surface area contributed by atoms with Gasteiger partial charge >= 0.3 is 0 Å². The van der Waals surface area contributed by atoms with Crippen LogP contribution in [0, 0.1) is 0 Å². The maximum atomic E-state index is 12.3. The number of hydrogen-bond acceptors (Lipinski definition) is 3. The van der Waals surface area contributed by atoms with Crippen LogP contribution in [0.1, 0.15) is 11.1 Å². The van der Waals surface area contributed by atoms with Crippen LogP contribution in [-0.4, -0.2) is 30.6 Å². The number of phenolic OH excluding ortho intramolecular Hbond substituents is 1. The Hall–Kier alpha value is -1.85. The van der Waals surface area contributed by atoms with Crippen LogP contribution >= 0.6 is 0 Å². The molecule has 0 aliphatic heterocycles. The van der Waals surface area contributed by atoms with Gasteiger partial charge in [0.2, 0.25) is 10.0 Å². The standard InChI is InChI=1S/C16H19NO3S/c1-17(13-15-7-9-16(18)10-8-15)21(19,20)12-11-14-5-3-2-4-6-14/h2-10,18H,11-13H2,1H3. The van der Waals surface area contributed by atoms with Crippen molar-refractivity contribution in [2.75, 3.05) is 12.8 Å². The van der Waals surface area contributed by atoms with Crippen molar-refractivity contribution >= 4 is 10.0 Å². The van der Waals surface area contributed by atoms with Gasteiger partial charge < -0.3 is 5.11 Å². The molecule has 0 saturated heterocycles. The summed E-state index contributed by atoms with van der Waals surface area (Å²) in [4.78, 5) is 0. The third-order valence-corrected chi connectivity index (χ3v) is 5.11. The number of nitrogens with zero attached hydrogens (tertiary/aromatic N) is 1. The molecule has 0 aromatic heterocycles. The summed E-state index contributed by atoms with van der Waals surface area (Å²) in [6.45, 7) is 0.303. The second-order valence-corrected chi connectivity index (χ2v) is 7.17. The molecule has 5 heteroatoms. The van der Waals surface area contributed by atoms with Crippen LogP contribution in [-0.2, 0) is 23.0 Å². The molecule has 4 nitrogen and oxygen atoms in total. The number of aromatic hydroxyl groups is 1. The smallest absolute Gasteiger partial charge is 0.214 e. The molecule has 0 heterocycles. The third-order valence-electron chi connectivity index (χ3n) is 3.31. The van der Waals surface area contributed by atoms with Crippen molar-refractivity contribution in [2.45, 2.75) is 13.0 Å². The number of aryl methyl sites for hydroxylation is 1. The van der Waals surface area contributed by atoms with Crippen LogP contribution in [0.25, 0.3) is 0 Å². The Labute approximate surface area is 125 Å². The molecule has 0 radical (unpaired) electrons. The quantitative estimate of drug-likeness (QED) is 0.891. The first-order valence-corrected chi connectivity index (χ1v) is 8.34. The van der Waals surface area contributed by atoms with Gasteiger partial charge in [0.1, 0.15) is 5.75 Å². The molecule has 2 aromatic carbocycles. The highest BCUT2D eigenvalue weighted by Gasteiger charge is 2.17. The first-order chi connectivity index (χ1) is 9.97. The van der Waals surface area contributed by atoms with Crippen molar-refractivity contribution in [2.24, 2.45) is 0 Å². The van der Waals surface area contributed by atoms with Gasteiger partial charge in [0.05, 0.1) is 5.75 Å². The van der Waals surface area contributed by atoms with E-state index >= 15 is 0 Å². The molecule has 21 heavy (non-hydrogen) atoms. The minimum absolute atomic E-state index is 0.0889. The van der Waals surface area contributed by atoms with Crippen molar-refractivity contribution in [1.29, 1.82) is 0 Å². The predicted octanol–water partition coefficient (Wildman–Crippen LogP) is 2.40. The molecule has 0 aliphatic carbocycles. The Morgan fingerprint density at radius 1 is 0.952 bits per heavy atom. The number of benzene rings is 2. The van der Waals surface area contributed by atoms with Gasteiger partial charge in [-0.2, -0.15) is 0 Å². The van der Waals surface area contributed by atoms with Crippen LogP contribution in [0.4, 0.5) is 0 Å². The van der Waals surface area contributed by atoms with E-state index in [0.29, 0.717) is 13.0 Å². The lowest BCUT2D eigenvalue weighted by Crippen LogP contribution is -2.29. The molecule has 0 bridgehead atoms. The average Bonchev–Trinajstić information content (AvgIpc) is 2.48. The van der Waals surface area contributed by atoms with E-state index in [1.54, 1.807) is 31.3 Å². The zero-order valence-electron chi connectivity index (χ0n) is 11.9. The zero-order chi connectivity index (χ0) is 15.3. The van der Waals surface area contributed by atoms with E-state index < -0.39 is 10.0 Å². The molecule has 2 aromatic rings. The lowest BCUT2D eigenvalue weighted by Gasteiger charge is -2.17. The minimum atomic E-state index is -3.30. The molecule has 0 amide bonds. The molecule has 0 fully saturated rings. The monoisotopic (exact) mass is 305 g/mol. The Kier molecular flexibility index (Phi) is 4.98. The molecular weight excluding hydrogens is 286 g/mol. The van der Waals surface area contributed by atoms with Gasteiger partial charge in [-0.3, -0.25) is 0 Å². The highest BCUT2D eigenvalue weighted by atomic mass is 32.2. The second-order valence-electron chi connectivity index (χ2n) is 4.97. The summed E-state index contributed by atoms with van der Waals surface area (Å²) in [5, 5.41) is 9.23. The Bertz CT molecular complexity index is 666. The fourth-order valence-electron chi connectivity index (χ4n) is 2.00. The molecule has 0 aliphatic rings. The summed E-state index contributed by atoms with van der Waals surface area (Å²) < 4.78 is 25.9. The Morgan fingerprint density at radius 3 is 2.19 bits per heavy atom. The average molecular weight is 305 g/mol. The SMILES string of the molecule is CN(Cc1ccc(O)cc1)S(=O)(=O)CCc1ccccc1. The van der Waals surface area contributed by atoms with Crippen LogP contribution in [0.15, 0.2) is 54.6 Å². The lowest BCUT2D eigenvalue weighted by atomic mass is 10.2. The van der Waals surface area contributed by atoms with Gasteiger partial charge in [0, 0.05) is 13.6 Å². The van der Waals surface area contributed by atoms with Crippen molar-refractivity contribution in [3.63, 3.8) is 0 Å².